The number of ether oxygens (including phenoxy) is 1. The van der Waals surface area contributed by atoms with Crippen LogP contribution >= 0.6 is 31.9 Å². The van der Waals surface area contributed by atoms with Crippen molar-refractivity contribution in [2.24, 2.45) is 0 Å². The van der Waals surface area contributed by atoms with Crippen LogP contribution in [0.5, 0.6) is 5.75 Å². The fraction of sp³-hybridized carbons (Fsp3) is 0.143. The van der Waals surface area contributed by atoms with E-state index in [4.69, 9.17) is 4.74 Å². The molecule has 0 saturated carbocycles. The molecule has 0 amide bonds. The molecule has 0 N–H and O–H groups in total. The summed E-state index contributed by atoms with van der Waals surface area (Å²) in [5, 5.41) is 11.6. The summed E-state index contributed by atoms with van der Waals surface area (Å²) in [6.45, 7) is 0.105. The second-order valence-corrected chi connectivity index (χ2v) is 5.63. The van der Waals surface area contributed by atoms with E-state index in [9.17, 15) is 14.5 Å². The van der Waals surface area contributed by atoms with E-state index < -0.39 is 4.92 Å². The van der Waals surface area contributed by atoms with Gasteiger partial charge in [0.1, 0.15) is 12.4 Å². The lowest BCUT2D eigenvalue weighted by atomic mass is 10.2. The van der Waals surface area contributed by atoms with Crippen LogP contribution in [0.3, 0.4) is 0 Å². The number of hydrogen-bond acceptors (Lipinski definition) is 3. The van der Waals surface area contributed by atoms with Crippen molar-refractivity contribution < 1.29 is 14.1 Å². The van der Waals surface area contributed by atoms with Gasteiger partial charge in [-0.25, -0.2) is 4.39 Å². The van der Waals surface area contributed by atoms with Crippen molar-refractivity contribution in [3.05, 3.63) is 67.9 Å². The summed E-state index contributed by atoms with van der Waals surface area (Å²) < 4.78 is 19.1. The second-order valence-electron chi connectivity index (χ2n) is 4.22. The Morgan fingerprint density at radius 2 is 2.00 bits per heavy atom. The lowest BCUT2D eigenvalue weighted by molar-refractivity contribution is -0.386. The molecule has 0 bridgehead atoms. The van der Waals surface area contributed by atoms with Crippen LogP contribution in [-0.4, -0.2) is 4.92 Å². The summed E-state index contributed by atoms with van der Waals surface area (Å²) in [4.78, 5) is 10.5. The molecule has 0 atom stereocenters. The Morgan fingerprint density at radius 3 is 2.62 bits per heavy atom. The largest absolute Gasteiger partial charge is 0.482 e. The number of hydrogen-bond donors (Lipinski definition) is 0. The molecule has 0 aliphatic carbocycles. The fourth-order valence-electron chi connectivity index (χ4n) is 1.70. The van der Waals surface area contributed by atoms with Gasteiger partial charge in [-0.05, 0) is 23.8 Å². The maximum absolute atomic E-state index is 13.0. The molecule has 0 saturated heterocycles. The van der Waals surface area contributed by atoms with Gasteiger partial charge in [-0.1, -0.05) is 44.0 Å². The third-order valence-electron chi connectivity index (χ3n) is 2.77. The second kappa shape index (κ2) is 7.00. The van der Waals surface area contributed by atoms with E-state index in [-0.39, 0.29) is 23.9 Å². The van der Waals surface area contributed by atoms with E-state index >= 15 is 0 Å². The zero-order chi connectivity index (χ0) is 15.4. The van der Waals surface area contributed by atoms with Crippen molar-refractivity contribution in [3.63, 3.8) is 0 Å². The van der Waals surface area contributed by atoms with Gasteiger partial charge in [-0.2, -0.15) is 0 Å². The third kappa shape index (κ3) is 4.01. The molecule has 21 heavy (non-hydrogen) atoms. The maximum Gasteiger partial charge on any atom is 0.310 e. The fourth-order valence-corrected chi connectivity index (χ4v) is 2.52. The Balaban J connectivity index is 2.24. The molecule has 0 aliphatic heterocycles. The van der Waals surface area contributed by atoms with Gasteiger partial charge in [0.2, 0.25) is 0 Å². The highest BCUT2D eigenvalue weighted by Crippen LogP contribution is 2.30. The molecule has 0 fully saturated rings. The number of benzene rings is 2. The van der Waals surface area contributed by atoms with Crippen LogP contribution in [0.25, 0.3) is 0 Å². The van der Waals surface area contributed by atoms with Gasteiger partial charge in [0.25, 0.3) is 0 Å². The lowest BCUT2D eigenvalue weighted by Crippen LogP contribution is -2.00. The van der Waals surface area contributed by atoms with Gasteiger partial charge in [0.05, 0.1) is 4.92 Å². The number of nitro benzene ring substituents is 1. The van der Waals surface area contributed by atoms with E-state index in [0.717, 1.165) is 5.56 Å². The Hall–Kier alpha value is -1.47. The molecule has 0 radical (unpaired) electrons. The zero-order valence-electron chi connectivity index (χ0n) is 10.7. The molecule has 2 aromatic carbocycles. The number of nitrogens with zero attached hydrogens (tertiary/aromatic N) is 1. The zero-order valence-corrected chi connectivity index (χ0v) is 13.9. The van der Waals surface area contributed by atoms with Gasteiger partial charge in [-0.15, -0.1) is 0 Å². The van der Waals surface area contributed by atoms with Crippen molar-refractivity contribution in [3.8, 4) is 5.75 Å². The van der Waals surface area contributed by atoms with E-state index in [0.29, 0.717) is 15.4 Å². The van der Waals surface area contributed by atoms with Crippen LogP contribution in [-0.2, 0) is 11.9 Å². The molecule has 0 aliphatic rings. The summed E-state index contributed by atoms with van der Waals surface area (Å²) in [5.41, 5.74) is 1.47. The Labute approximate surface area is 137 Å². The maximum atomic E-state index is 13.0. The molecule has 0 aromatic heterocycles. The van der Waals surface area contributed by atoms with Crippen molar-refractivity contribution >= 4 is 37.5 Å². The average molecular weight is 419 g/mol. The third-order valence-corrected chi connectivity index (χ3v) is 4.16. The summed E-state index contributed by atoms with van der Waals surface area (Å²) in [5.74, 6) is -0.175. The number of rotatable bonds is 5. The monoisotopic (exact) mass is 417 g/mol. The summed E-state index contributed by atoms with van der Waals surface area (Å²) >= 11 is 6.53. The SMILES string of the molecule is O=[N+]([O-])c1ccc(CBr)cc1OCc1ccc(F)cc1Br. The molecular formula is C14H10Br2FNO3. The Bertz CT molecular complexity index is 679. The predicted molar refractivity (Wildman–Crippen MR) is 84.2 cm³/mol. The average Bonchev–Trinajstić information content (AvgIpc) is 2.45. The highest BCUT2D eigenvalue weighted by atomic mass is 79.9. The molecule has 0 spiro atoms. The first-order chi connectivity index (χ1) is 10.0. The summed E-state index contributed by atoms with van der Waals surface area (Å²) in [7, 11) is 0. The molecule has 2 aromatic rings. The van der Waals surface area contributed by atoms with E-state index in [1.807, 2.05) is 0 Å². The first-order valence-corrected chi connectivity index (χ1v) is 7.82. The first kappa shape index (κ1) is 15.9. The molecule has 0 unspecified atom stereocenters. The van der Waals surface area contributed by atoms with Crippen molar-refractivity contribution in [1.82, 2.24) is 0 Å². The minimum atomic E-state index is -0.493. The number of halogens is 3. The normalized spacial score (nSPS) is 10.4. The van der Waals surface area contributed by atoms with E-state index in [1.54, 1.807) is 18.2 Å². The van der Waals surface area contributed by atoms with Crippen LogP contribution in [0.1, 0.15) is 11.1 Å². The van der Waals surface area contributed by atoms with Crippen LogP contribution in [0.4, 0.5) is 10.1 Å². The smallest absolute Gasteiger partial charge is 0.310 e. The van der Waals surface area contributed by atoms with Crippen LogP contribution in [0.15, 0.2) is 40.9 Å². The van der Waals surface area contributed by atoms with E-state index in [2.05, 4.69) is 31.9 Å². The van der Waals surface area contributed by atoms with Crippen molar-refractivity contribution in [1.29, 1.82) is 0 Å². The molecule has 0 heterocycles. The minimum Gasteiger partial charge on any atom is -0.482 e. The first-order valence-electron chi connectivity index (χ1n) is 5.91. The minimum absolute atomic E-state index is 0.0991. The Kier molecular flexibility index (Phi) is 5.30. The van der Waals surface area contributed by atoms with Crippen LogP contribution < -0.4 is 4.74 Å². The lowest BCUT2D eigenvalue weighted by Gasteiger charge is -2.09. The van der Waals surface area contributed by atoms with Crippen LogP contribution in [0.2, 0.25) is 0 Å². The Morgan fingerprint density at radius 1 is 1.24 bits per heavy atom. The van der Waals surface area contributed by atoms with Gasteiger partial charge in [0.15, 0.2) is 5.75 Å². The highest BCUT2D eigenvalue weighted by molar-refractivity contribution is 9.10. The molecular weight excluding hydrogens is 409 g/mol. The summed E-state index contributed by atoms with van der Waals surface area (Å²) in [6.07, 6.45) is 0. The van der Waals surface area contributed by atoms with Crippen molar-refractivity contribution in [2.75, 3.05) is 0 Å². The van der Waals surface area contributed by atoms with Gasteiger partial charge in [0, 0.05) is 21.4 Å². The molecule has 4 nitrogen and oxygen atoms in total. The number of nitro groups is 1. The van der Waals surface area contributed by atoms with Gasteiger partial charge in [-0.3, -0.25) is 10.1 Å². The topological polar surface area (TPSA) is 52.4 Å². The molecule has 110 valence electrons. The van der Waals surface area contributed by atoms with Crippen LogP contribution in [0, 0.1) is 15.9 Å². The standard InChI is InChI=1S/C14H10Br2FNO3/c15-7-9-1-4-13(18(19)20)14(5-9)21-8-10-2-3-11(17)6-12(10)16/h1-6H,7-8H2. The number of alkyl halides is 1. The molecule has 2 rings (SSSR count). The van der Waals surface area contributed by atoms with E-state index in [1.165, 1.54) is 18.2 Å². The summed E-state index contributed by atoms with van der Waals surface area (Å²) in [6, 6.07) is 8.89. The van der Waals surface area contributed by atoms with Crippen molar-refractivity contribution in [2.45, 2.75) is 11.9 Å². The predicted octanol–water partition coefficient (Wildman–Crippen LogP) is 4.97. The molecule has 7 heteroatoms. The van der Waals surface area contributed by atoms with Gasteiger partial charge >= 0.3 is 5.69 Å². The van der Waals surface area contributed by atoms with Gasteiger partial charge < -0.3 is 4.74 Å². The quantitative estimate of drug-likeness (QED) is 0.391. The highest BCUT2D eigenvalue weighted by Gasteiger charge is 2.16.